The molecular weight excluding hydrogens is 326 g/mol. The average Bonchev–Trinajstić information content (AvgIpc) is 3.05. The lowest BCUT2D eigenvalue weighted by Crippen LogP contribution is -2.47. The summed E-state index contributed by atoms with van der Waals surface area (Å²) in [6, 6.07) is 5.04. The van der Waals surface area contributed by atoms with Crippen LogP contribution in [0.2, 0.25) is 0 Å². The molecule has 0 bridgehead atoms. The zero-order valence-corrected chi connectivity index (χ0v) is 15.0. The topological polar surface area (TPSA) is 71.6 Å². The highest BCUT2D eigenvalue weighted by Gasteiger charge is 2.16. The van der Waals surface area contributed by atoms with Gasteiger partial charge in [0.15, 0.2) is 16.6 Å². The minimum atomic E-state index is -0.284. The number of hydrogen-bond acceptors (Lipinski definition) is 4. The summed E-state index contributed by atoms with van der Waals surface area (Å²) < 4.78 is 10.5. The van der Waals surface area contributed by atoms with Crippen molar-refractivity contribution in [1.82, 2.24) is 16.2 Å². The van der Waals surface area contributed by atoms with Crippen molar-refractivity contribution in [3.05, 3.63) is 23.8 Å². The van der Waals surface area contributed by atoms with Crippen molar-refractivity contribution < 1.29 is 14.3 Å². The Balaban J connectivity index is 1.68. The van der Waals surface area contributed by atoms with E-state index >= 15 is 0 Å². The van der Waals surface area contributed by atoms with E-state index in [0.29, 0.717) is 28.1 Å². The molecule has 7 heteroatoms. The molecule has 1 atom stereocenters. The second kappa shape index (κ2) is 9.32. The van der Waals surface area contributed by atoms with Gasteiger partial charge in [0.25, 0.3) is 5.91 Å². The van der Waals surface area contributed by atoms with Crippen LogP contribution < -0.4 is 25.6 Å². The van der Waals surface area contributed by atoms with Gasteiger partial charge >= 0.3 is 0 Å². The first kappa shape index (κ1) is 18.3. The Bertz CT molecular complexity index is 580. The summed E-state index contributed by atoms with van der Waals surface area (Å²) >= 11 is 5.17. The molecule has 0 saturated carbocycles. The highest BCUT2D eigenvalue weighted by atomic mass is 32.1. The van der Waals surface area contributed by atoms with Crippen LogP contribution in [0.1, 0.15) is 49.9 Å². The third-order valence-corrected chi connectivity index (χ3v) is 4.08. The normalized spacial score (nSPS) is 13.2. The van der Waals surface area contributed by atoms with Crippen molar-refractivity contribution in [3.8, 4) is 11.5 Å². The molecule has 1 amide bonds. The number of hydrazine groups is 1. The SMILES string of the molecule is CCCCC[C@@H](C)CNC(=S)NNC(=O)c1ccc2c(c1)OCO2. The Morgan fingerprint density at radius 3 is 2.83 bits per heavy atom. The Morgan fingerprint density at radius 2 is 2.04 bits per heavy atom. The zero-order valence-electron chi connectivity index (χ0n) is 14.2. The van der Waals surface area contributed by atoms with Crippen LogP contribution in [0, 0.1) is 5.92 Å². The number of ether oxygens (including phenoxy) is 2. The predicted molar refractivity (Wildman–Crippen MR) is 97.1 cm³/mol. The van der Waals surface area contributed by atoms with Crippen LogP contribution >= 0.6 is 12.2 Å². The molecule has 3 N–H and O–H groups in total. The fourth-order valence-corrected chi connectivity index (χ4v) is 2.51. The molecule has 1 aliphatic heterocycles. The van der Waals surface area contributed by atoms with Gasteiger partial charge in [-0.2, -0.15) is 0 Å². The number of amides is 1. The Kier molecular flexibility index (Phi) is 7.11. The summed E-state index contributed by atoms with van der Waals surface area (Å²) in [5.74, 6) is 1.48. The molecule has 2 rings (SSSR count). The van der Waals surface area contributed by atoms with Crippen molar-refractivity contribution in [1.29, 1.82) is 0 Å². The number of fused-ring (bicyclic) bond motifs is 1. The van der Waals surface area contributed by atoms with Crippen molar-refractivity contribution in [2.45, 2.75) is 39.5 Å². The van der Waals surface area contributed by atoms with E-state index in [9.17, 15) is 4.79 Å². The summed E-state index contributed by atoms with van der Waals surface area (Å²) in [6.07, 6.45) is 4.90. The quantitative estimate of drug-likeness (QED) is 0.399. The minimum absolute atomic E-state index is 0.184. The maximum atomic E-state index is 12.1. The van der Waals surface area contributed by atoms with E-state index in [1.165, 1.54) is 25.7 Å². The van der Waals surface area contributed by atoms with E-state index in [2.05, 4.69) is 30.0 Å². The van der Waals surface area contributed by atoms with Crippen molar-refractivity contribution >= 4 is 23.2 Å². The molecule has 132 valence electrons. The molecule has 0 aliphatic carbocycles. The molecule has 1 aromatic rings. The second-order valence-electron chi connectivity index (χ2n) is 5.96. The van der Waals surface area contributed by atoms with Gasteiger partial charge in [-0.1, -0.05) is 33.1 Å². The Labute approximate surface area is 148 Å². The van der Waals surface area contributed by atoms with Crippen molar-refractivity contribution in [2.24, 2.45) is 5.92 Å². The smallest absolute Gasteiger partial charge is 0.269 e. The van der Waals surface area contributed by atoms with E-state index in [1.807, 2.05) is 0 Å². The number of rotatable bonds is 7. The number of nitrogens with one attached hydrogen (secondary N) is 3. The van der Waals surface area contributed by atoms with Gasteiger partial charge in [-0.25, -0.2) is 0 Å². The maximum Gasteiger partial charge on any atom is 0.269 e. The predicted octanol–water partition coefficient (Wildman–Crippen LogP) is 2.74. The highest BCUT2D eigenvalue weighted by molar-refractivity contribution is 7.80. The molecule has 1 aliphatic rings. The molecule has 0 spiro atoms. The number of thiocarbonyl (C=S) groups is 1. The van der Waals surface area contributed by atoms with Gasteiger partial charge < -0.3 is 14.8 Å². The summed E-state index contributed by atoms with van der Waals surface area (Å²) in [7, 11) is 0. The van der Waals surface area contributed by atoms with Gasteiger partial charge in [0.1, 0.15) is 0 Å². The monoisotopic (exact) mass is 351 g/mol. The number of hydrogen-bond donors (Lipinski definition) is 3. The Hall–Kier alpha value is -2.02. The van der Waals surface area contributed by atoms with Crippen molar-refractivity contribution in [3.63, 3.8) is 0 Å². The molecule has 0 fully saturated rings. The first-order valence-electron chi connectivity index (χ1n) is 8.34. The average molecular weight is 351 g/mol. The molecular formula is C17H25N3O3S. The van der Waals surface area contributed by atoms with Gasteiger partial charge in [-0.3, -0.25) is 15.6 Å². The highest BCUT2D eigenvalue weighted by Crippen LogP contribution is 2.32. The van der Waals surface area contributed by atoms with E-state index in [1.54, 1.807) is 18.2 Å². The van der Waals surface area contributed by atoms with Gasteiger partial charge in [-0.05, 0) is 42.8 Å². The van der Waals surface area contributed by atoms with E-state index in [-0.39, 0.29) is 12.7 Å². The first-order chi connectivity index (χ1) is 11.6. The lowest BCUT2D eigenvalue weighted by molar-refractivity contribution is 0.0943. The molecule has 0 saturated heterocycles. The number of carbonyl (C=O) groups excluding carboxylic acids is 1. The van der Waals surface area contributed by atoms with E-state index < -0.39 is 0 Å². The van der Waals surface area contributed by atoms with E-state index in [0.717, 1.165) is 6.54 Å². The summed E-state index contributed by atoms with van der Waals surface area (Å²) in [5.41, 5.74) is 5.77. The van der Waals surface area contributed by atoms with Gasteiger partial charge in [0, 0.05) is 12.1 Å². The summed E-state index contributed by atoms with van der Waals surface area (Å²) in [6.45, 7) is 5.36. The molecule has 1 aromatic carbocycles. The van der Waals surface area contributed by atoms with E-state index in [4.69, 9.17) is 21.7 Å². The van der Waals surface area contributed by atoms with Gasteiger partial charge in [0.2, 0.25) is 6.79 Å². The largest absolute Gasteiger partial charge is 0.454 e. The number of carbonyl (C=O) groups is 1. The standard InChI is InChI=1S/C17H25N3O3S/c1-3-4-5-6-12(2)10-18-17(24)20-19-16(21)13-7-8-14-15(9-13)23-11-22-14/h7-9,12H,3-6,10-11H2,1-2H3,(H,19,21)(H2,18,20,24)/t12-/m1/s1. The van der Waals surface area contributed by atoms with Crippen molar-refractivity contribution in [2.75, 3.05) is 13.3 Å². The fraction of sp³-hybridized carbons (Fsp3) is 0.529. The third kappa shape index (κ3) is 5.56. The fourth-order valence-electron chi connectivity index (χ4n) is 2.38. The minimum Gasteiger partial charge on any atom is -0.454 e. The van der Waals surface area contributed by atoms with Crippen LogP contribution in [0.4, 0.5) is 0 Å². The first-order valence-corrected chi connectivity index (χ1v) is 8.74. The third-order valence-electron chi connectivity index (χ3n) is 3.84. The van der Waals surface area contributed by atoms with Crippen LogP contribution in [0.5, 0.6) is 11.5 Å². The molecule has 24 heavy (non-hydrogen) atoms. The molecule has 6 nitrogen and oxygen atoms in total. The Morgan fingerprint density at radius 1 is 1.25 bits per heavy atom. The molecule has 0 aromatic heterocycles. The van der Waals surface area contributed by atoms with Crippen LogP contribution in [-0.2, 0) is 0 Å². The van der Waals surface area contributed by atoms with Crippen LogP contribution in [0.3, 0.4) is 0 Å². The lowest BCUT2D eigenvalue weighted by Gasteiger charge is -2.15. The van der Waals surface area contributed by atoms with Gasteiger partial charge in [0.05, 0.1) is 0 Å². The summed E-state index contributed by atoms with van der Waals surface area (Å²) in [4.78, 5) is 12.1. The molecule has 0 radical (unpaired) electrons. The number of unbranched alkanes of at least 4 members (excludes halogenated alkanes) is 2. The maximum absolute atomic E-state index is 12.1. The van der Waals surface area contributed by atoms with Gasteiger partial charge in [-0.15, -0.1) is 0 Å². The lowest BCUT2D eigenvalue weighted by atomic mass is 10.0. The van der Waals surface area contributed by atoms with Crippen LogP contribution in [0.25, 0.3) is 0 Å². The zero-order chi connectivity index (χ0) is 17.4. The van der Waals surface area contributed by atoms with Crippen LogP contribution in [-0.4, -0.2) is 24.4 Å². The molecule has 1 heterocycles. The second-order valence-corrected chi connectivity index (χ2v) is 6.37. The molecule has 0 unspecified atom stereocenters. The summed E-state index contributed by atoms with van der Waals surface area (Å²) in [5, 5.41) is 3.53. The number of benzene rings is 1. The van der Waals surface area contributed by atoms with Crippen LogP contribution in [0.15, 0.2) is 18.2 Å².